The van der Waals surface area contributed by atoms with E-state index in [9.17, 15) is 90.5 Å². The molecule has 7 N–H and O–H groups in total. The highest BCUT2D eigenvalue weighted by atomic mass is 32.2. The van der Waals surface area contributed by atoms with Crippen molar-refractivity contribution >= 4 is 91.1 Å². The zero-order valence-electron chi connectivity index (χ0n) is 28.6. The summed E-state index contributed by atoms with van der Waals surface area (Å²) < 4.78 is 178. The minimum atomic E-state index is -5.57. The number of phenols is 2. The van der Waals surface area contributed by atoms with Gasteiger partial charge in [0.2, 0.25) is 5.88 Å². The molecule has 60 heavy (non-hydrogen) atoms. The van der Waals surface area contributed by atoms with Crippen LogP contribution in [-0.2, 0) is 53.7 Å². The number of nitrogens with zero attached hydrogens (tertiary/aromatic N) is 9. The predicted molar refractivity (Wildman–Crippen MR) is 188 cm³/mol. The first-order valence-corrected chi connectivity index (χ1v) is 20.6. The Balaban J connectivity index is 1.71. The van der Waals surface area contributed by atoms with E-state index in [-0.39, 0.29) is 0 Å². The molecule has 0 atom stereocenters. The summed E-state index contributed by atoms with van der Waals surface area (Å²) in [5.74, 6) is -4.15. The highest BCUT2D eigenvalue weighted by molar-refractivity contribution is 7.86. The van der Waals surface area contributed by atoms with Crippen molar-refractivity contribution in [2.45, 2.75) is 25.8 Å². The first-order chi connectivity index (χ1) is 27.4. The number of non-ortho nitro benzene ring substituents is 1. The zero-order valence-corrected chi connectivity index (χ0v) is 31.9. The summed E-state index contributed by atoms with van der Waals surface area (Å²) in [5.41, 5.74) is -8.95. The molecule has 0 amide bonds. The van der Waals surface area contributed by atoms with E-state index in [0.29, 0.717) is 47.1 Å². The van der Waals surface area contributed by atoms with E-state index in [1.54, 1.807) is 0 Å². The van der Waals surface area contributed by atoms with Crippen LogP contribution in [0.15, 0.2) is 98.8 Å². The van der Waals surface area contributed by atoms with Gasteiger partial charge in [0, 0.05) is 19.2 Å². The third kappa shape index (κ3) is 9.00. The molecule has 0 aliphatic carbocycles. The zero-order chi connectivity index (χ0) is 45.1. The lowest BCUT2D eigenvalue weighted by Crippen LogP contribution is -2.06. The third-order valence-electron chi connectivity index (χ3n) is 7.50. The normalized spacial score (nSPS) is 13.3. The molecule has 5 aromatic rings. The number of rotatable bonds is 11. The smallest absolute Gasteiger partial charge is 0.437 e. The minimum absolute atomic E-state index is 0.319. The van der Waals surface area contributed by atoms with Crippen molar-refractivity contribution in [2.24, 2.45) is 37.7 Å². The van der Waals surface area contributed by atoms with Crippen LogP contribution in [0.5, 0.6) is 17.4 Å². The lowest BCUT2D eigenvalue weighted by Gasteiger charge is -2.13. The Hall–Kier alpha value is -6.62. The van der Waals surface area contributed by atoms with E-state index in [1.807, 2.05) is 0 Å². The van der Waals surface area contributed by atoms with Gasteiger partial charge in [0.15, 0.2) is 22.9 Å². The second-order valence-corrected chi connectivity index (χ2v) is 17.0. The molecular weight excluding hydrogens is 908 g/mol. The molecule has 0 spiro atoms. The summed E-state index contributed by atoms with van der Waals surface area (Å²) in [6.45, 7) is 0. The Kier molecular flexibility index (Phi) is 11.3. The monoisotopic (exact) mass is 925 g/mol. The lowest BCUT2D eigenvalue weighted by atomic mass is 10.1. The number of nitro groups is 1. The van der Waals surface area contributed by atoms with Crippen LogP contribution in [-0.4, -0.2) is 81.9 Å². The van der Waals surface area contributed by atoms with Crippen molar-refractivity contribution in [1.82, 2.24) is 9.78 Å². The Bertz CT molecular complexity index is 3230. The van der Waals surface area contributed by atoms with Gasteiger partial charge in [-0.25, -0.2) is 4.68 Å². The van der Waals surface area contributed by atoms with Crippen LogP contribution in [0, 0.1) is 10.1 Å². The number of aryl methyl sites for hydroxylation is 1. The fraction of sp³-hybridized carbons (Fsp3) is 0.0741. The molecule has 0 aliphatic rings. The van der Waals surface area contributed by atoms with Gasteiger partial charge in [0.25, 0.3) is 46.2 Å². The molecule has 0 aliphatic heterocycles. The number of alkyl halides is 3. The van der Waals surface area contributed by atoms with E-state index in [4.69, 9.17) is 0 Å². The van der Waals surface area contributed by atoms with E-state index in [1.165, 1.54) is 0 Å². The molecule has 26 nitrogen and oxygen atoms in total. The minimum Gasteiger partial charge on any atom is -0.505 e. The van der Waals surface area contributed by atoms with Gasteiger partial charge in [-0.15, -0.1) is 25.6 Å². The number of benzene rings is 4. The van der Waals surface area contributed by atoms with Crippen LogP contribution < -0.4 is 0 Å². The second kappa shape index (κ2) is 15.2. The Morgan fingerprint density at radius 3 is 1.50 bits per heavy atom. The summed E-state index contributed by atoms with van der Waals surface area (Å²) in [7, 11) is -20.9. The number of aromatic hydroxyl groups is 3. The number of aromatic nitrogens is 2. The Morgan fingerprint density at radius 1 is 0.633 bits per heavy atom. The number of hydrogen-bond acceptors (Lipinski definition) is 20. The molecule has 1 heterocycles. The topological polar surface area (TPSA) is 413 Å². The standard InChI is InChI=1S/C27H18F3N9O17S4/c1-38-26(42)22(25(37-38)27(28,29)30)36-31-11-2-4-13(15(8-11)57(45,46)47)32-34-20-17(59(51,52)53)6-10-7-18(60(54,55)56)21(24(41)19(10)23(20)40)35-33-14-5-3-12(39(43)44)9-16(14)58(48,49)50/h2-9,40-42H,1H3,(H,45,46,47)(H,48,49,50)(H,51,52,53)(H,54,55,56)/b34-32+,35-33+,36-31+. The van der Waals surface area contributed by atoms with Crippen LogP contribution in [0.2, 0.25) is 0 Å². The van der Waals surface area contributed by atoms with Crippen LogP contribution in [0.3, 0.4) is 0 Å². The number of hydrogen-bond donors (Lipinski definition) is 7. The summed E-state index contributed by atoms with van der Waals surface area (Å²) in [4.78, 5) is 4.68. The van der Waals surface area contributed by atoms with Crippen molar-refractivity contribution in [3.05, 3.63) is 64.3 Å². The van der Waals surface area contributed by atoms with Gasteiger partial charge in [-0.3, -0.25) is 28.3 Å². The Labute approximate surface area is 330 Å². The first kappa shape index (κ1) is 44.5. The molecule has 0 saturated heterocycles. The average Bonchev–Trinajstić information content (AvgIpc) is 3.40. The van der Waals surface area contributed by atoms with Gasteiger partial charge in [-0.05, 0) is 41.8 Å². The van der Waals surface area contributed by atoms with Gasteiger partial charge in [0.1, 0.15) is 42.3 Å². The lowest BCUT2D eigenvalue weighted by molar-refractivity contribution is -0.385. The molecule has 5 rings (SSSR count). The molecule has 0 saturated carbocycles. The SMILES string of the molecule is Cn1nc(C(F)(F)F)c(/N=N/c2ccc(/N=N/c3c(S(=O)(=O)O)cc4cc(S(=O)(=O)O)c(/N=N/c5ccc([N+](=O)[O-])cc5S(=O)(=O)O)c(O)c4c3O)c(S(=O)(=O)O)c2)c1O. The summed E-state index contributed by atoms with van der Waals surface area (Å²) in [6, 6.07) is 4.20. The number of fused-ring (bicyclic) bond motifs is 1. The van der Waals surface area contributed by atoms with E-state index >= 15 is 0 Å². The Morgan fingerprint density at radius 2 is 1.07 bits per heavy atom. The van der Waals surface area contributed by atoms with Crippen molar-refractivity contribution in [2.75, 3.05) is 0 Å². The molecule has 33 heteroatoms. The summed E-state index contributed by atoms with van der Waals surface area (Å²) >= 11 is 0. The second-order valence-electron chi connectivity index (χ2n) is 11.4. The van der Waals surface area contributed by atoms with Gasteiger partial charge in [-0.2, -0.15) is 57.1 Å². The van der Waals surface area contributed by atoms with E-state index in [0.717, 1.165) is 13.1 Å². The van der Waals surface area contributed by atoms with Crippen LogP contribution >= 0.6 is 0 Å². The van der Waals surface area contributed by atoms with Gasteiger partial charge in [-0.1, -0.05) is 0 Å². The van der Waals surface area contributed by atoms with Gasteiger partial charge in [0.05, 0.1) is 16.0 Å². The molecule has 0 unspecified atom stereocenters. The van der Waals surface area contributed by atoms with Gasteiger partial charge >= 0.3 is 6.18 Å². The number of azo groups is 3. The van der Waals surface area contributed by atoms with Crippen molar-refractivity contribution in [3.63, 3.8) is 0 Å². The maximum Gasteiger partial charge on any atom is 0.437 e. The number of nitro benzene ring substituents is 1. The molecule has 1 aromatic heterocycles. The van der Waals surface area contributed by atoms with Crippen molar-refractivity contribution < 1.29 is 85.3 Å². The molecular formula is C27H18F3N9O17S4. The summed E-state index contributed by atoms with van der Waals surface area (Å²) in [5, 5.41) is 64.8. The maximum atomic E-state index is 13.4. The largest absolute Gasteiger partial charge is 0.505 e. The van der Waals surface area contributed by atoms with Crippen LogP contribution in [0.1, 0.15) is 5.69 Å². The average molecular weight is 926 g/mol. The fourth-order valence-electron chi connectivity index (χ4n) is 4.91. The highest BCUT2D eigenvalue weighted by Crippen LogP contribution is 2.50. The molecule has 318 valence electrons. The highest BCUT2D eigenvalue weighted by Gasteiger charge is 2.40. The van der Waals surface area contributed by atoms with Crippen LogP contribution in [0.25, 0.3) is 10.8 Å². The molecule has 0 bridgehead atoms. The van der Waals surface area contributed by atoms with Crippen LogP contribution in [0.4, 0.5) is 53.0 Å². The fourth-order valence-corrected chi connectivity index (χ4v) is 7.51. The third-order valence-corrected chi connectivity index (χ3v) is 11.0. The quantitative estimate of drug-likeness (QED) is 0.0353. The van der Waals surface area contributed by atoms with E-state index < -0.39 is 145 Å². The molecule has 0 radical (unpaired) electrons. The summed E-state index contributed by atoms with van der Waals surface area (Å²) in [6.07, 6.45) is -5.14. The van der Waals surface area contributed by atoms with E-state index in [2.05, 4.69) is 35.8 Å². The maximum absolute atomic E-state index is 13.4. The molecule has 0 fully saturated rings. The predicted octanol–water partition coefficient (Wildman–Crippen LogP) is 5.85. The van der Waals surface area contributed by atoms with Crippen molar-refractivity contribution in [3.8, 4) is 17.4 Å². The van der Waals surface area contributed by atoms with Gasteiger partial charge < -0.3 is 15.3 Å². The first-order valence-electron chi connectivity index (χ1n) is 14.9. The van der Waals surface area contributed by atoms with Crippen molar-refractivity contribution in [1.29, 1.82) is 0 Å². The molecule has 4 aromatic carbocycles. The number of phenolic OH excluding ortho intramolecular Hbond substituents is 2. The number of halogens is 3.